The Kier molecular flexibility index (Phi) is 7.01. The third kappa shape index (κ3) is 5.43. The monoisotopic (exact) mass is 400 g/mol. The second kappa shape index (κ2) is 8.78. The molecule has 134 valence electrons. The van der Waals surface area contributed by atoms with Crippen molar-refractivity contribution in [1.82, 2.24) is 15.5 Å². The van der Waals surface area contributed by atoms with Gasteiger partial charge in [0.2, 0.25) is 0 Å². The SMILES string of the molecule is CN=C(NCc1ccc(Br)c(F)c1)NCC(C)(C)N1CCOCC1. The van der Waals surface area contributed by atoms with E-state index in [-0.39, 0.29) is 11.4 Å². The van der Waals surface area contributed by atoms with Gasteiger partial charge in [-0.2, -0.15) is 0 Å². The molecule has 1 saturated heterocycles. The van der Waals surface area contributed by atoms with E-state index in [1.54, 1.807) is 13.1 Å². The van der Waals surface area contributed by atoms with Crippen LogP contribution in [0.15, 0.2) is 27.7 Å². The second-order valence-electron chi connectivity index (χ2n) is 6.44. The normalized spacial score (nSPS) is 17.0. The summed E-state index contributed by atoms with van der Waals surface area (Å²) in [6, 6.07) is 5.11. The molecule has 2 rings (SSSR count). The van der Waals surface area contributed by atoms with Gasteiger partial charge in [-0.15, -0.1) is 0 Å². The van der Waals surface area contributed by atoms with Gasteiger partial charge in [-0.05, 0) is 47.5 Å². The van der Waals surface area contributed by atoms with Gasteiger partial charge in [0, 0.05) is 38.8 Å². The van der Waals surface area contributed by atoms with Crippen LogP contribution in [-0.2, 0) is 11.3 Å². The lowest BCUT2D eigenvalue weighted by molar-refractivity contribution is -0.00834. The van der Waals surface area contributed by atoms with Crippen molar-refractivity contribution >= 4 is 21.9 Å². The Balaban J connectivity index is 1.84. The van der Waals surface area contributed by atoms with Crippen LogP contribution in [0.3, 0.4) is 0 Å². The highest BCUT2D eigenvalue weighted by Crippen LogP contribution is 2.16. The standard InChI is InChI=1S/C17H26BrFN4O/c1-17(2,23-6-8-24-9-7-23)12-22-16(20-3)21-11-13-4-5-14(18)15(19)10-13/h4-5,10H,6-9,11-12H2,1-3H3,(H2,20,21,22). The fourth-order valence-corrected chi connectivity index (χ4v) is 2.88. The summed E-state index contributed by atoms with van der Waals surface area (Å²) in [6.07, 6.45) is 0. The van der Waals surface area contributed by atoms with Crippen LogP contribution < -0.4 is 10.6 Å². The molecule has 1 heterocycles. The Morgan fingerprint density at radius 2 is 2.04 bits per heavy atom. The fourth-order valence-electron chi connectivity index (χ4n) is 2.64. The Bertz CT molecular complexity index is 574. The van der Waals surface area contributed by atoms with Crippen molar-refractivity contribution in [2.24, 2.45) is 4.99 Å². The first kappa shape index (κ1) is 19.1. The van der Waals surface area contributed by atoms with Gasteiger partial charge < -0.3 is 15.4 Å². The summed E-state index contributed by atoms with van der Waals surface area (Å²) in [7, 11) is 1.74. The number of nitrogens with one attached hydrogen (secondary N) is 2. The summed E-state index contributed by atoms with van der Waals surface area (Å²) in [5.41, 5.74) is 0.872. The number of morpholine rings is 1. The first-order chi connectivity index (χ1) is 11.4. The highest BCUT2D eigenvalue weighted by molar-refractivity contribution is 9.10. The molecule has 0 amide bonds. The third-order valence-electron chi connectivity index (χ3n) is 4.22. The number of rotatable bonds is 5. The zero-order chi connectivity index (χ0) is 17.6. The number of hydrogen-bond acceptors (Lipinski definition) is 3. The van der Waals surface area contributed by atoms with Gasteiger partial charge in [-0.25, -0.2) is 4.39 Å². The molecule has 5 nitrogen and oxygen atoms in total. The van der Waals surface area contributed by atoms with E-state index < -0.39 is 0 Å². The van der Waals surface area contributed by atoms with E-state index in [1.165, 1.54) is 6.07 Å². The van der Waals surface area contributed by atoms with Crippen LogP contribution in [0.5, 0.6) is 0 Å². The van der Waals surface area contributed by atoms with Gasteiger partial charge in [0.15, 0.2) is 5.96 Å². The molecule has 2 N–H and O–H groups in total. The molecule has 0 atom stereocenters. The average molecular weight is 401 g/mol. The number of benzene rings is 1. The zero-order valence-electron chi connectivity index (χ0n) is 14.5. The third-order valence-corrected chi connectivity index (χ3v) is 4.87. The Morgan fingerprint density at radius 1 is 1.33 bits per heavy atom. The summed E-state index contributed by atoms with van der Waals surface area (Å²) in [5, 5.41) is 6.58. The van der Waals surface area contributed by atoms with Crippen molar-refractivity contribution in [3.05, 3.63) is 34.1 Å². The highest BCUT2D eigenvalue weighted by atomic mass is 79.9. The van der Waals surface area contributed by atoms with E-state index in [2.05, 4.69) is 50.3 Å². The van der Waals surface area contributed by atoms with Crippen LogP contribution in [0.1, 0.15) is 19.4 Å². The van der Waals surface area contributed by atoms with Gasteiger partial charge in [0.05, 0.1) is 17.7 Å². The van der Waals surface area contributed by atoms with Crippen molar-refractivity contribution in [2.45, 2.75) is 25.9 Å². The predicted octanol–water partition coefficient (Wildman–Crippen LogP) is 2.36. The van der Waals surface area contributed by atoms with Crippen molar-refractivity contribution in [3.8, 4) is 0 Å². The summed E-state index contributed by atoms with van der Waals surface area (Å²) in [5.74, 6) is 0.449. The zero-order valence-corrected chi connectivity index (χ0v) is 16.1. The molecule has 7 heteroatoms. The van der Waals surface area contributed by atoms with Crippen molar-refractivity contribution in [1.29, 1.82) is 0 Å². The lowest BCUT2D eigenvalue weighted by Crippen LogP contribution is -2.56. The Labute approximate surface area is 151 Å². The molecule has 1 fully saturated rings. The largest absolute Gasteiger partial charge is 0.379 e. The molecule has 0 bridgehead atoms. The maximum atomic E-state index is 13.6. The number of ether oxygens (including phenoxy) is 1. The van der Waals surface area contributed by atoms with E-state index in [9.17, 15) is 4.39 Å². The fraction of sp³-hybridized carbons (Fsp3) is 0.588. The van der Waals surface area contributed by atoms with Gasteiger partial charge in [-0.1, -0.05) is 6.07 Å². The predicted molar refractivity (Wildman–Crippen MR) is 98.8 cm³/mol. The maximum Gasteiger partial charge on any atom is 0.191 e. The molecule has 0 saturated carbocycles. The van der Waals surface area contributed by atoms with E-state index in [1.807, 2.05) is 6.07 Å². The minimum atomic E-state index is -0.259. The summed E-state index contributed by atoms with van der Waals surface area (Å²) >= 11 is 3.16. The van der Waals surface area contributed by atoms with E-state index in [4.69, 9.17) is 4.74 Å². The lowest BCUT2D eigenvalue weighted by Gasteiger charge is -2.41. The van der Waals surface area contributed by atoms with Crippen LogP contribution in [0.4, 0.5) is 4.39 Å². The molecule has 1 aromatic rings. The molecule has 1 aliphatic rings. The highest BCUT2D eigenvalue weighted by Gasteiger charge is 2.28. The van der Waals surface area contributed by atoms with Crippen molar-refractivity contribution in [3.63, 3.8) is 0 Å². The first-order valence-electron chi connectivity index (χ1n) is 8.13. The molecule has 0 spiro atoms. The van der Waals surface area contributed by atoms with Gasteiger partial charge in [-0.3, -0.25) is 9.89 Å². The quantitative estimate of drug-likeness (QED) is 0.588. The molecule has 0 unspecified atom stereocenters. The van der Waals surface area contributed by atoms with Crippen LogP contribution in [-0.4, -0.2) is 56.3 Å². The summed E-state index contributed by atoms with van der Waals surface area (Å²) < 4.78 is 19.4. The van der Waals surface area contributed by atoms with E-state index in [0.717, 1.165) is 38.4 Å². The lowest BCUT2D eigenvalue weighted by atomic mass is 10.0. The molecule has 0 aromatic heterocycles. The van der Waals surface area contributed by atoms with Crippen LogP contribution in [0, 0.1) is 5.82 Å². The summed E-state index contributed by atoms with van der Waals surface area (Å²) in [4.78, 5) is 6.66. The second-order valence-corrected chi connectivity index (χ2v) is 7.29. The van der Waals surface area contributed by atoms with Crippen molar-refractivity contribution < 1.29 is 9.13 Å². The Morgan fingerprint density at radius 3 is 2.67 bits per heavy atom. The topological polar surface area (TPSA) is 48.9 Å². The molecule has 1 aliphatic heterocycles. The van der Waals surface area contributed by atoms with Crippen molar-refractivity contribution in [2.75, 3.05) is 39.9 Å². The number of aliphatic imine (C=N–C) groups is 1. The molecular weight excluding hydrogens is 375 g/mol. The minimum absolute atomic E-state index is 0.00508. The van der Waals surface area contributed by atoms with Gasteiger partial charge >= 0.3 is 0 Å². The molecule has 1 aromatic carbocycles. The number of halogens is 2. The van der Waals surface area contributed by atoms with Crippen LogP contribution in [0.2, 0.25) is 0 Å². The minimum Gasteiger partial charge on any atom is -0.379 e. The Hall–Kier alpha value is -1.18. The molecule has 0 radical (unpaired) electrons. The first-order valence-corrected chi connectivity index (χ1v) is 8.93. The van der Waals surface area contributed by atoms with Gasteiger partial charge in [0.1, 0.15) is 5.82 Å². The number of guanidine groups is 1. The van der Waals surface area contributed by atoms with E-state index in [0.29, 0.717) is 17.0 Å². The van der Waals surface area contributed by atoms with Gasteiger partial charge in [0.25, 0.3) is 0 Å². The average Bonchev–Trinajstić information content (AvgIpc) is 2.59. The number of hydrogen-bond donors (Lipinski definition) is 2. The molecule has 24 heavy (non-hydrogen) atoms. The molecular formula is C17H26BrFN4O. The van der Waals surface area contributed by atoms with Crippen LogP contribution >= 0.6 is 15.9 Å². The summed E-state index contributed by atoms with van der Waals surface area (Å²) in [6.45, 7) is 9.16. The number of nitrogens with zero attached hydrogens (tertiary/aromatic N) is 2. The van der Waals surface area contributed by atoms with E-state index >= 15 is 0 Å². The smallest absolute Gasteiger partial charge is 0.191 e. The maximum absolute atomic E-state index is 13.6. The molecule has 0 aliphatic carbocycles. The van der Waals surface area contributed by atoms with Crippen LogP contribution in [0.25, 0.3) is 0 Å².